The molecule has 0 atom stereocenters. The Morgan fingerprint density at radius 2 is 2.13 bits per heavy atom. The average Bonchev–Trinajstić information content (AvgIpc) is 2.44. The topological polar surface area (TPSA) is 33.2 Å². The molecule has 3 nitrogen and oxygen atoms in total. The predicted octanol–water partition coefficient (Wildman–Crippen LogP) is 4.00. The van der Waals surface area contributed by atoms with E-state index in [1.165, 1.54) is 11.3 Å². The normalized spacial score (nSPS) is 10.8. The van der Waals surface area contributed by atoms with Gasteiger partial charge in [0, 0.05) is 24.9 Å². The van der Waals surface area contributed by atoms with Crippen LogP contribution in [0.2, 0.25) is 9.49 Å². The van der Waals surface area contributed by atoms with Crippen molar-refractivity contribution in [1.82, 2.24) is 9.88 Å². The smallest absolute Gasteiger partial charge is 0.288 e. The van der Waals surface area contributed by atoms with Crippen LogP contribution in [0.15, 0.2) is 4.34 Å². The Bertz CT molecular complexity index is 348. The summed E-state index contributed by atoms with van der Waals surface area (Å²) >= 11 is 13.7. The predicted molar refractivity (Wildman–Crippen MR) is 66.3 cm³/mol. The molecule has 0 unspecified atom stereocenters. The van der Waals surface area contributed by atoms with Gasteiger partial charge in [-0.2, -0.15) is 0 Å². The van der Waals surface area contributed by atoms with Crippen molar-refractivity contribution in [3.8, 4) is 0 Å². The lowest BCUT2D eigenvalue weighted by Crippen LogP contribution is -2.29. The highest BCUT2D eigenvalue weighted by Gasteiger charge is 2.17. The van der Waals surface area contributed by atoms with Crippen LogP contribution in [-0.4, -0.2) is 28.2 Å². The number of thioether (sulfide) groups is 1. The zero-order valence-electron chi connectivity index (χ0n) is 8.45. The maximum absolute atomic E-state index is 11.6. The highest BCUT2D eigenvalue weighted by Crippen LogP contribution is 2.34. The van der Waals surface area contributed by atoms with Gasteiger partial charge in [-0.1, -0.05) is 34.5 Å². The molecule has 0 aromatic carbocycles. The number of thiazole rings is 1. The fraction of sp³-hybridized carbons (Fsp3) is 0.500. The maximum Gasteiger partial charge on any atom is 0.288 e. The Hall–Kier alpha value is 0.0300. The van der Waals surface area contributed by atoms with Gasteiger partial charge in [0.15, 0.2) is 9.49 Å². The Balaban J connectivity index is 2.66. The molecule has 0 aliphatic heterocycles. The van der Waals surface area contributed by atoms with Crippen molar-refractivity contribution in [1.29, 1.82) is 0 Å². The summed E-state index contributed by atoms with van der Waals surface area (Å²) in [6.07, 6.45) is 0. The summed E-state index contributed by atoms with van der Waals surface area (Å²) in [4.78, 5) is 17.2. The third-order valence-corrected chi connectivity index (χ3v) is 4.53. The first kappa shape index (κ1) is 13.1. The van der Waals surface area contributed by atoms with Crippen LogP contribution >= 0.6 is 46.3 Å². The molecule has 0 aliphatic carbocycles. The molecule has 84 valence electrons. The monoisotopic (exact) mass is 284 g/mol. The summed E-state index contributed by atoms with van der Waals surface area (Å²) in [5.41, 5.74) is 0. The van der Waals surface area contributed by atoms with Gasteiger partial charge < -0.3 is 4.90 Å². The minimum Gasteiger partial charge on any atom is -0.334 e. The molecule has 0 fully saturated rings. The van der Waals surface area contributed by atoms with Gasteiger partial charge in [0.05, 0.1) is 0 Å². The quantitative estimate of drug-likeness (QED) is 0.770. The summed E-state index contributed by atoms with van der Waals surface area (Å²) < 4.78 is 0.988. The molecule has 0 radical (unpaired) electrons. The summed E-state index contributed by atoms with van der Waals surface area (Å²) in [5, 5.41) is 0.191. The first-order chi connectivity index (χ1) is 6.91. The number of carbonyl (C=O) groups excluding carboxylic acids is 1. The third-order valence-electron chi connectivity index (χ3n) is 1.77. The van der Waals surface area contributed by atoms with Crippen molar-refractivity contribution in [3.63, 3.8) is 0 Å². The Labute approximate surface area is 107 Å². The molecular formula is C8H10Cl2N2OS2. The molecule has 0 saturated heterocycles. The van der Waals surface area contributed by atoms with Gasteiger partial charge in [-0.25, -0.2) is 4.98 Å². The van der Waals surface area contributed by atoms with Crippen molar-refractivity contribution >= 4 is 51.5 Å². The molecule has 0 bridgehead atoms. The van der Waals surface area contributed by atoms with Crippen LogP contribution in [0.25, 0.3) is 0 Å². The van der Waals surface area contributed by atoms with E-state index in [4.69, 9.17) is 23.2 Å². The van der Waals surface area contributed by atoms with Crippen LogP contribution in [0.4, 0.5) is 4.79 Å². The van der Waals surface area contributed by atoms with Gasteiger partial charge in [0.1, 0.15) is 4.34 Å². The largest absolute Gasteiger partial charge is 0.334 e. The van der Waals surface area contributed by atoms with Crippen LogP contribution in [0.1, 0.15) is 13.8 Å². The molecule has 1 amide bonds. The van der Waals surface area contributed by atoms with E-state index in [2.05, 4.69) is 4.98 Å². The van der Waals surface area contributed by atoms with Crippen LogP contribution in [0, 0.1) is 0 Å². The van der Waals surface area contributed by atoms with Gasteiger partial charge >= 0.3 is 0 Å². The van der Waals surface area contributed by atoms with Crippen LogP contribution < -0.4 is 0 Å². The number of carbonyl (C=O) groups is 1. The second kappa shape index (κ2) is 5.39. The van der Waals surface area contributed by atoms with E-state index < -0.39 is 0 Å². The number of nitrogens with zero attached hydrogens (tertiary/aromatic N) is 2. The van der Waals surface area contributed by atoms with E-state index in [0.29, 0.717) is 8.68 Å². The van der Waals surface area contributed by atoms with Gasteiger partial charge in [0.25, 0.3) is 5.24 Å². The van der Waals surface area contributed by atoms with Crippen LogP contribution in [0.3, 0.4) is 0 Å². The van der Waals surface area contributed by atoms with Crippen molar-refractivity contribution in [2.24, 2.45) is 0 Å². The SMILES string of the molecule is CC(C)N(C)C(=O)Sc1nc(Cl)c(Cl)s1. The summed E-state index contributed by atoms with van der Waals surface area (Å²) in [6.45, 7) is 3.89. The lowest BCUT2D eigenvalue weighted by molar-refractivity contribution is 0.223. The molecule has 15 heavy (non-hydrogen) atoms. The number of hydrogen-bond acceptors (Lipinski definition) is 4. The zero-order chi connectivity index (χ0) is 11.6. The Morgan fingerprint density at radius 1 is 1.53 bits per heavy atom. The van der Waals surface area contributed by atoms with Gasteiger partial charge in [-0.15, -0.1) is 0 Å². The average molecular weight is 285 g/mol. The molecule has 0 spiro atoms. The Kier molecular flexibility index (Phi) is 4.70. The molecule has 1 heterocycles. The lowest BCUT2D eigenvalue weighted by atomic mass is 10.4. The van der Waals surface area contributed by atoms with Crippen molar-refractivity contribution in [3.05, 3.63) is 9.49 Å². The number of rotatable bonds is 2. The summed E-state index contributed by atoms with van der Waals surface area (Å²) in [5.74, 6) is 0. The van der Waals surface area contributed by atoms with Crippen LogP contribution in [-0.2, 0) is 0 Å². The standard InChI is InChI=1S/C8H10Cl2N2OS2/c1-4(2)12(3)8(13)15-7-11-5(9)6(10)14-7/h4H,1-3H3. The number of halogens is 2. The lowest BCUT2D eigenvalue weighted by Gasteiger charge is -2.19. The number of amides is 1. The van der Waals surface area contributed by atoms with Crippen molar-refractivity contribution in [2.45, 2.75) is 24.2 Å². The van der Waals surface area contributed by atoms with Gasteiger partial charge in [-0.05, 0) is 13.8 Å². The molecule has 1 aromatic rings. The Morgan fingerprint density at radius 3 is 2.53 bits per heavy atom. The van der Waals surface area contributed by atoms with E-state index in [-0.39, 0.29) is 16.4 Å². The first-order valence-corrected chi connectivity index (χ1v) is 6.57. The van der Waals surface area contributed by atoms with Crippen molar-refractivity contribution in [2.75, 3.05) is 7.05 Å². The number of hydrogen-bond donors (Lipinski definition) is 0. The number of aromatic nitrogens is 1. The second-order valence-electron chi connectivity index (χ2n) is 3.12. The van der Waals surface area contributed by atoms with E-state index in [0.717, 1.165) is 11.8 Å². The molecular weight excluding hydrogens is 275 g/mol. The zero-order valence-corrected chi connectivity index (χ0v) is 11.6. The van der Waals surface area contributed by atoms with E-state index >= 15 is 0 Å². The maximum atomic E-state index is 11.6. The second-order valence-corrected chi connectivity index (χ2v) is 6.27. The van der Waals surface area contributed by atoms with Gasteiger partial charge in [0.2, 0.25) is 0 Å². The highest BCUT2D eigenvalue weighted by molar-refractivity contribution is 8.14. The molecule has 7 heteroatoms. The minimum absolute atomic E-state index is 0.0629. The van der Waals surface area contributed by atoms with Crippen LogP contribution in [0.5, 0.6) is 0 Å². The molecule has 1 aromatic heterocycles. The molecule has 0 aliphatic rings. The minimum atomic E-state index is -0.0629. The van der Waals surface area contributed by atoms with E-state index in [1.807, 2.05) is 13.8 Å². The third kappa shape index (κ3) is 3.52. The first-order valence-electron chi connectivity index (χ1n) is 4.18. The highest BCUT2D eigenvalue weighted by atomic mass is 35.5. The molecule has 0 saturated carbocycles. The molecule has 0 N–H and O–H groups in total. The van der Waals surface area contributed by atoms with Gasteiger partial charge in [-0.3, -0.25) is 4.79 Å². The fourth-order valence-electron chi connectivity index (χ4n) is 0.667. The summed E-state index contributed by atoms with van der Waals surface area (Å²) in [6, 6.07) is 0.163. The van der Waals surface area contributed by atoms with E-state index in [9.17, 15) is 4.79 Å². The molecule has 1 rings (SSSR count). The summed E-state index contributed by atoms with van der Waals surface area (Å²) in [7, 11) is 1.75. The van der Waals surface area contributed by atoms with Crippen molar-refractivity contribution < 1.29 is 4.79 Å². The fourth-order valence-corrected chi connectivity index (χ4v) is 3.06. The van der Waals surface area contributed by atoms with E-state index in [1.54, 1.807) is 11.9 Å².